The molecule has 4 heteroatoms. The number of rotatable bonds is 3. The third kappa shape index (κ3) is 2.54. The van der Waals surface area contributed by atoms with Crippen LogP contribution in [-0.2, 0) is 9.53 Å². The molecule has 4 nitrogen and oxygen atoms in total. The van der Waals surface area contributed by atoms with Crippen LogP contribution < -0.4 is 10.6 Å². The molecular formula is C14H18N2O2. The lowest BCUT2D eigenvalue weighted by atomic mass is 9.99. The molecule has 0 fully saturated rings. The molecule has 0 aliphatic carbocycles. The Kier molecular flexibility index (Phi) is 3.99. The number of esters is 1. The van der Waals surface area contributed by atoms with Crippen LogP contribution in [0.1, 0.15) is 19.4 Å². The topological polar surface area (TPSA) is 50.4 Å². The van der Waals surface area contributed by atoms with Crippen LogP contribution in [-0.4, -0.2) is 25.3 Å². The Morgan fingerprint density at radius 3 is 2.78 bits per heavy atom. The summed E-state index contributed by atoms with van der Waals surface area (Å²) in [5, 5.41) is 6.42. The minimum Gasteiger partial charge on any atom is -0.463 e. The van der Waals surface area contributed by atoms with E-state index in [0.717, 1.165) is 11.3 Å². The van der Waals surface area contributed by atoms with Gasteiger partial charge in [0, 0.05) is 6.04 Å². The number of hydrogen-bond acceptors (Lipinski definition) is 4. The number of benzene rings is 1. The second kappa shape index (κ2) is 5.69. The van der Waals surface area contributed by atoms with Gasteiger partial charge < -0.3 is 10.1 Å². The molecular weight excluding hydrogens is 228 g/mol. The van der Waals surface area contributed by atoms with Gasteiger partial charge in [0.1, 0.15) is 0 Å². The van der Waals surface area contributed by atoms with Gasteiger partial charge in [0.25, 0.3) is 0 Å². The zero-order valence-corrected chi connectivity index (χ0v) is 10.7. The lowest BCUT2D eigenvalue weighted by Crippen LogP contribution is -2.44. The fraction of sp³-hybridized carbons (Fsp3) is 0.357. The second-order valence-electron chi connectivity index (χ2n) is 4.15. The van der Waals surface area contributed by atoms with Crippen molar-refractivity contribution in [2.75, 3.05) is 13.3 Å². The number of carbonyl (C=O) groups is 1. The van der Waals surface area contributed by atoms with Gasteiger partial charge in [-0.1, -0.05) is 30.3 Å². The highest BCUT2D eigenvalue weighted by Gasteiger charge is 2.26. The molecule has 1 heterocycles. The third-order valence-electron chi connectivity index (χ3n) is 2.93. The first-order valence-corrected chi connectivity index (χ1v) is 6.18. The Balaban J connectivity index is 2.43. The van der Waals surface area contributed by atoms with Gasteiger partial charge in [0.05, 0.1) is 24.5 Å². The molecule has 0 bridgehead atoms. The minimum atomic E-state index is -0.261. The summed E-state index contributed by atoms with van der Waals surface area (Å²) in [5.74, 6) is -0.261. The first kappa shape index (κ1) is 12.6. The van der Waals surface area contributed by atoms with Crippen molar-refractivity contribution in [3.63, 3.8) is 0 Å². The van der Waals surface area contributed by atoms with Gasteiger partial charge in [-0.3, -0.25) is 5.32 Å². The predicted molar refractivity (Wildman–Crippen MR) is 70.6 cm³/mol. The normalized spacial score (nSPS) is 19.3. The Morgan fingerprint density at radius 2 is 2.11 bits per heavy atom. The standard InChI is InChI=1S/C14H18N2O2/c1-3-18-14(17)12-10(2)15-9-16-13(12)11-7-5-4-6-8-11/h4-8,10,15-16H,3,9H2,1-2H3. The average molecular weight is 246 g/mol. The van der Waals surface area contributed by atoms with E-state index < -0.39 is 0 Å². The molecule has 1 unspecified atom stereocenters. The first-order chi connectivity index (χ1) is 8.74. The highest BCUT2D eigenvalue weighted by Crippen LogP contribution is 2.21. The van der Waals surface area contributed by atoms with Crippen LogP contribution in [0.15, 0.2) is 35.9 Å². The molecule has 1 atom stereocenters. The van der Waals surface area contributed by atoms with Crippen molar-refractivity contribution in [2.45, 2.75) is 19.9 Å². The van der Waals surface area contributed by atoms with Crippen molar-refractivity contribution >= 4 is 11.7 Å². The van der Waals surface area contributed by atoms with E-state index in [-0.39, 0.29) is 12.0 Å². The molecule has 0 aromatic heterocycles. The Morgan fingerprint density at radius 1 is 1.39 bits per heavy atom. The van der Waals surface area contributed by atoms with Crippen LogP contribution >= 0.6 is 0 Å². The van der Waals surface area contributed by atoms with E-state index in [9.17, 15) is 4.79 Å². The van der Waals surface area contributed by atoms with Crippen molar-refractivity contribution in [3.05, 3.63) is 41.5 Å². The fourth-order valence-electron chi connectivity index (χ4n) is 2.06. The van der Waals surface area contributed by atoms with Crippen LogP contribution in [0.25, 0.3) is 5.70 Å². The van der Waals surface area contributed by atoms with E-state index in [1.54, 1.807) is 0 Å². The van der Waals surface area contributed by atoms with Gasteiger partial charge in [0.2, 0.25) is 0 Å². The maximum absolute atomic E-state index is 12.0. The van der Waals surface area contributed by atoms with Crippen molar-refractivity contribution in [3.8, 4) is 0 Å². The summed E-state index contributed by atoms with van der Waals surface area (Å²) in [6, 6.07) is 9.83. The second-order valence-corrected chi connectivity index (χ2v) is 4.15. The van der Waals surface area contributed by atoms with Crippen molar-refractivity contribution in [2.24, 2.45) is 0 Å². The van der Waals surface area contributed by atoms with Crippen LogP contribution in [0.2, 0.25) is 0 Å². The Labute approximate surface area is 107 Å². The number of ether oxygens (including phenoxy) is 1. The molecule has 2 rings (SSSR count). The molecule has 1 aromatic rings. The monoisotopic (exact) mass is 246 g/mol. The largest absolute Gasteiger partial charge is 0.463 e. The summed E-state index contributed by atoms with van der Waals surface area (Å²) < 4.78 is 5.13. The maximum atomic E-state index is 12.0. The SMILES string of the molecule is CCOC(=O)C1=C(c2ccccc2)NCNC1C. The molecule has 0 saturated heterocycles. The molecule has 0 amide bonds. The van der Waals surface area contributed by atoms with Gasteiger partial charge in [-0.15, -0.1) is 0 Å². The van der Waals surface area contributed by atoms with E-state index in [4.69, 9.17) is 4.74 Å². The first-order valence-electron chi connectivity index (χ1n) is 6.18. The molecule has 96 valence electrons. The molecule has 0 saturated carbocycles. The number of hydrogen-bond donors (Lipinski definition) is 2. The minimum absolute atomic E-state index is 0.0134. The Hall–Kier alpha value is -1.81. The smallest absolute Gasteiger partial charge is 0.337 e. The van der Waals surface area contributed by atoms with Gasteiger partial charge in [-0.05, 0) is 19.4 Å². The van der Waals surface area contributed by atoms with E-state index in [2.05, 4.69) is 10.6 Å². The molecule has 2 N–H and O–H groups in total. The third-order valence-corrected chi connectivity index (χ3v) is 2.93. The van der Waals surface area contributed by atoms with E-state index in [1.165, 1.54) is 0 Å². The molecule has 1 aliphatic heterocycles. The maximum Gasteiger partial charge on any atom is 0.337 e. The lowest BCUT2D eigenvalue weighted by Gasteiger charge is -2.27. The van der Waals surface area contributed by atoms with Crippen LogP contribution in [0.4, 0.5) is 0 Å². The Bertz CT molecular complexity index is 454. The van der Waals surface area contributed by atoms with E-state index in [0.29, 0.717) is 18.8 Å². The molecule has 18 heavy (non-hydrogen) atoms. The van der Waals surface area contributed by atoms with Crippen LogP contribution in [0.3, 0.4) is 0 Å². The summed E-state index contributed by atoms with van der Waals surface area (Å²) in [5.41, 5.74) is 2.53. The highest BCUT2D eigenvalue weighted by atomic mass is 16.5. The van der Waals surface area contributed by atoms with Gasteiger partial charge in [-0.2, -0.15) is 0 Å². The van der Waals surface area contributed by atoms with Crippen molar-refractivity contribution in [1.29, 1.82) is 0 Å². The summed E-state index contributed by atoms with van der Waals surface area (Å²) in [4.78, 5) is 12.0. The van der Waals surface area contributed by atoms with Crippen molar-refractivity contribution in [1.82, 2.24) is 10.6 Å². The zero-order valence-electron chi connectivity index (χ0n) is 10.7. The molecule has 0 spiro atoms. The molecule has 1 aliphatic rings. The zero-order chi connectivity index (χ0) is 13.0. The van der Waals surface area contributed by atoms with E-state index in [1.807, 2.05) is 44.2 Å². The van der Waals surface area contributed by atoms with Crippen LogP contribution in [0.5, 0.6) is 0 Å². The summed E-state index contributed by atoms with van der Waals surface area (Å²) in [7, 11) is 0. The summed E-state index contributed by atoms with van der Waals surface area (Å²) in [6.07, 6.45) is 0. The number of carbonyl (C=O) groups excluding carboxylic acids is 1. The average Bonchev–Trinajstić information content (AvgIpc) is 2.39. The van der Waals surface area contributed by atoms with Gasteiger partial charge in [-0.25, -0.2) is 4.79 Å². The van der Waals surface area contributed by atoms with Gasteiger partial charge in [0.15, 0.2) is 0 Å². The number of nitrogens with one attached hydrogen (secondary N) is 2. The van der Waals surface area contributed by atoms with E-state index >= 15 is 0 Å². The van der Waals surface area contributed by atoms with Crippen molar-refractivity contribution < 1.29 is 9.53 Å². The van der Waals surface area contributed by atoms with Crippen LogP contribution in [0, 0.1) is 0 Å². The molecule has 1 aromatic carbocycles. The summed E-state index contributed by atoms with van der Waals surface area (Å²) in [6.45, 7) is 4.82. The summed E-state index contributed by atoms with van der Waals surface area (Å²) >= 11 is 0. The quantitative estimate of drug-likeness (QED) is 0.794. The highest BCUT2D eigenvalue weighted by molar-refractivity contribution is 5.98. The van der Waals surface area contributed by atoms with Gasteiger partial charge >= 0.3 is 5.97 Å². The predicted octanol–water partition coefficient (Wildman–Crippen LogP) is 1.50. The lowest BCUT2D eigenvalue weighted by molar-refractivity contribution is -0.138. The molecule has 0 radical (unpaired) electrons. The fourth-order valence-corrected chi connectivity index (χ4v) is 2.06.